The van der Waals surface area contributed by atoms with Crippen LogP contribution in [0.25, 0.3) is 11.1 Å². The van der Waals surface area contributed by atoms with Gasteiger partial charge in [0, 0.05) is 0 Å². The van der Waals surface area contributed by atoms with Crippen molar-refractivity contribution >= 4 is 11.9 Å². The van der Waals surface area contributed by atoms with E-state index in [0.29, 0.717) is 17.1 Å². The molecule has 0 saturated carbocycles. The number of aryl methyl sites for hydroxylation is 1. The fraction of sp³-hybridized carbons (Fsp3) is 0.588. The maximum absolute atomic E-state index is 12.4. The van der Waals surface area contributed by atoms with Crippen LogP contribution in [0.15, 0.2) is 36.4 Å². The largest absolute Gasteiger partial charge is 0.457 e. The summed E-state index contributed by atoms with van der Waals surface area (Å²) in [6.07, 6.45) is 5.68. The van der Waals surface area contributed by atoms with Gasteiger partial charge in [-0.3, -0.25) is 9.59 Å². The lowest BCUT2D eigenvalue weighted by Gasteiger charge is -2.28. The SMILES string of the molecule is CCCCCCC(C)(C)c1cc(OCOC(=O)C(C)(C)C)c(-c2cccc(C)c2)c(OCOC(=O)C(C)(C)C)c1. The Balaban J connectivity index is 2.55. The number of hydrogen-bond donors (Lipinski definition) is 0. The predicted molar refractivity (Wildman–Crippen MR) is 160 cm³/mol. The molecule has 222 valence electrons. The normalized spacial score (nSPS) is 12.2. The molecular formula is C34H50O6. The van der Waals surface area contributed by atoms with Gasteiger partial charge in [0.1, 0.15) is 11.5 Å². The number of esters is 2. The van der Waals surface area contributed by atoms with Gasteiger partial charge in [-0.25, -0.2) is 0 Å². The van der Waals surface area contributed by atoms with Crippen LogP contribution in [0.4, 0.5) is 0 Å². The molecule has 6 heteroatoms. The fourth-order valence-electron chi connectivity index (χ4n) is 4.16. The van der Waals surface area contributed by atoms with Crippen LogP contribution in [0, 0.1) is 17.8 Å². The van der Waals surface area contributed by atoms with E-state index in [1.807, 2.05) is 43.3 Å². The summed E-state index contributed by atoms with van der Waals surface area (Å²) in [4.78, 5) is 24.9. The van der Waals surface area contributed by atoms with Gasteiger partial charge in [-0.2, -0.15) is 0 Å². The first kappa shape index (κ1) is 33.2. The summed E-state index contributed by atoms with van der Waals surface area (Å²) in [6, 6.07) is 12.1. The lowest BCUT2D eigenvalue weighted by Crippen LogP contribution is -2.25. The minimum Gasteiger partial charge on any atom is -0.457 e. The van der Waals surface area contributed by atoms with Crippen LogP contribution in [0.1, 0.15) is 106 Å². The van der Waals surface area contributed by atoms with Crippen LogP contribution in [0.3, 0.4) is 0 Å². The second kappa shape index (κ2) is 14.0. The molecule has 0 radical (unpaired) electrons. The number of carbonyl (C=O) groups excluding carboxylic acids is 2. The minimum absolute atomic E-state index is 0.167. The Hall–Kier alpha value is -3.02. The van der Waals surface area contributed by atoms with Crippen molar-refractivity contribution in [2.75, 3.05) is 13.6 Å². The van der Waals surface area contributed by atoms with E-state index in [0.717, 1.165) is 29.5 Å². The van der Waals surface area contributed by atoms with E-state index in [9.17, 15) is 9.59 Å². The summed E-state index contributed by atoms with van der Waals surface area (Å²) < 4.78 is 23.3. The summed E-state index contributed by atoms with van der Waals surface area (Å²) in [5.74, 6) is 0.400. The van der Waals surface area contributed by atoms with Crippen LogP contribution >= 0.6 is 0 Å². The highest BCUT2D eigenvalue weighted by molar-refractivity contribution is 5.79. The van der Waals surface area contributed by atoms with E-state index in [-0.39, 0.29) is 30.9 Å². The van der Waals surface area contributed by atoms with Gasteiger partial charge in [-0.15, -0.1) is 0 Å². The molecule has 2 aromatic rings. The van der Waals surface area contributed by atoms with Crippen molar-refractivity contribution in [1.29, 1.82) is 0 Å². The van der Waals surface area contributed by atoms with Gasteiger partial charge in [0.2, 0.25) is 13.6 Å². The number of unbranched alkanes of at least 4 members (excludes halogenated alkanes) is 3. The van der Waals surface area contributed by atoms with Crippen molar-refractivity contribution in [3.63, 3.8) is 0 Å². The van der Waals surface area contributed by atoms with Crippen LogP contribution in [-0.2, 0) is 24.5 Å². The number of hydrogen-bond acceptors (Lipinski definition) is 6. The number of benzene rings is 2. The molecular weight excluding hydrogens is 504 g/mol. The maximum atomic E-state index is 12.4. The molecule has 0 unspecified atom stereocenters. The van der Waals surface area contributed by atoms with Crippen molar-refractivity contribution in [3.05, 3.63) is 47.5 Å². The highest BCUT2D eigenvalue weighted by Gasteiger charge is 2.28. The fourth-order valence-corrected chi connectivity index (χ4v) is 4.16. The molecule has 2 aromatic carbocycles. The third-order valence-electron chi connectivity index (χ3n) is 6.84. The zero-order chi connectivity index (χ0) is 30.1. The summed E-state index contributed by atoms with van der Waals surface area (Å²) >= 11 is 0. The Morgan fingerprint density at radius 3 is 1.70 bits per heavy atom. The monoisotopic (exact) mass is 554 g/mol. The zero-order valence-electron chi connectivity index (χ0n) is 26.4. The molecule has 0 aliphatic rings. The van der Waals surface area contributed by atoms with Crippen LogP contribution in [0.2, 0.25) is 0 Å². The number of rotatable bonds is 13. The highest BCUT2D eigenvalue weighted by Crippen LogP contribution is 2.44. The van der Waals surface area contributed by atoms with E-state index in [1.165, 1.54) is 19.3 Å². The molecule has 40 heavy (non-hydrogen) atoms. The first-order chi connectivity index (χ1) is 18.6. The van der Waals surface area contributed by atoms with E-state index >= 15 is 0 Å². The number of carbonyl (C=O) groups is 2. The first-order valence-corrected chi connectivity index (χ1v) is 14.4. The van der Waals surface area contributed by atoms with Crippen molar-refractivity contribution in [3.8, 4) is 22.6 Å². The molecule has 0 bridgehead atoms. The lowest BCUT2D eigenvalue weighted by atomic mass is 9.79. The van der Waals surface area contributed by atoms with Gasteiger partial charge in [-0.05, 0) is 83.6 Å². The van der Waals surface area contributed by atoms with E-state index in [4.69, 9.17) is 18.9 Å². The molecule has 0 amide bonds. The summed E-state index contributed by atoms with van der Waals surface area (Å²) in [5.41, 5.74) is 2.27. The van der Waals surface area contributed by atoms with E-state index < -0.39 is 10.8 Å². The molecule has 0 fully saturated rings. The van der Waals surface area contributed by atoms with Crippen molar-refractivity contribution in [1.82, 2.24) is 0 Å². The molecule has 0 N–H and O–H groups in total. The van der Waals surface area contributed by atoms with E-state index in [1.54, 1.807) is 41.5 Å². The summed E-state index contributed by atoms with van der Waals surface area (Å²) in [7, 11) is 0. The van der Waals surface area contributed by atoms with Crippen LogP contribution in [0.5, 0.6) is 11.5 Å². The van der Waals surface area contributed by atoms with Gasteiger partial charge >= 0.3 is 11.9 Å². The topological polar surface area (TPSA) is 71.1 Å². The molecule has 0 aliphatic heterocycles. The quantitative estimate of drug-likeness (QED) is 0.140. The average molecular weight is 555 g/mol. The molecule has 0 spiro atoms. The molecule has 2 rings (SSSR count). The standard InChI is InChI=1S/C34H50O6/c1-11-12-13-14-18-34(9,10)26-20-27(37-22-39-30(35)32(3,4)5)29(25-17-15-16-24(2)19-25)28(21-26)38-23-40-31(36)33(6,7)8/h15-17,19-21H,11-14,18,22-23H2,1-10H3. The summed E-state index contributed by atoms with van der Waals surface area (Å²) in [6.45, 7) is 19.0. The zero-order valence-corrected chi connectivity index (χ0v) is 26.4. The second-order valence-corrected chi connectivity index (χ2v) is 13.3. The first-order valence-electron chi connectivity index (χ1n) is 14.4. The van der Waals surface area contributed by atoms with Gasteiger partial charge in [0.15, 0.2) is 0 Å². The minimum atomic E-state index is -0.643. The molecule has 0 heterocycles. The average Bonchev–Trinajstić information content (AvgIpc) is 2.85. The van der Waals surface area contributed by atoms with Crippen LogP contribution < -0.4 is 9.47 Å². The van der Waals surface area contributed by atoms with Crippen molar-refractivity contribution in [2.45, 2.75) is 107 Å². The van der Waals surface area contributed by atoms with Gasteiger partial charge in [-0.1, -0.05) is 76.3 Å². The smallest absolute Gasteiger partial charge is 0.314 e. The second-order valence-electron chi connectivity index (χ2n) is 13.3. The highest BCUT2D eigenvalue weighted by atomic mass is 16.7. The Kier molecular flexibility index (Phi) is 11.7. The van der Waals surface area contributed by atoms with Gasteiger partial charge in [0.05, 0.1) is 16.4 Å². The van der Waals surface area contributed by atoms with Gasteiger partial charge in [0.25, 0.3) is 0 Å². The third kappa shape index (κ3) is 9.87. The lowest BCUT2D eigenvalue weighted by molar-refractivity contribution is -0.160. The molecule has 6 nitrogen and oxygen atoms in total. The molecule has 0 atom stereocenters. The van der Waals surface area contributed by atoms with Crippen molar-refractivity contribution in [2.24, 2.45) is 10.8 Å². The number of ether oxygens (including phenoxy) is 4. The maximum Gasteiger partial charge on any atom is 0.314 e. The molecule has 0 saturated heterocycles. The van der Waals surface area contributed by atoms with Crippen molar-refractivity contribution < 1.29 is 28.5 Å². The molecule has 0 aromatic heterocycles. The predicted octanol–water partition coefficient (Wildman–Crippen LogP) is 8.76. The summed E-state index contributed by atoms with van der Waals surface area (Å²) in [5, 5.41) is 0. The Labute approximate surface area is 241 Å². The van der Waals surface area contributed by atoms with Crippen LogP contribution in [-0.4, -0.2) is 25.5 Å². The Morgan fingerprint density at radius 1 is 0.725 bits per heavy atom. The van der Waals surface area contributed by atoms with Gasteiger partial charge < -0.3 is 18.9 Å². The Bertz CT molecular complexity index is 1080. The molecule has 0 aliphatic carbocycles. The third-order valence-corrected chi connectivity index (χ3v) is 6.84. The Morgan fingerprint density at radius 2 is 1.25 bits per heavy atom. The van der Waals surface area contributed by atoms with E-state index in [2.05, 4.69) is 20.8 Å².